The summed E-state index contributed by atoms with van der Waals surface area (Å²) in [5, 5.41) is 7.64. The van der Waals surface area contributed by atoms with Crippen molar-refractivity contribution < 1.29 is 18.8 Å². The molecule has 0 bridgehead atoms. The molecule has 2 fully saturated rings. The Balaban J connectivity index is 1.26. The number of nitrogens with one attached hydrogen (secondary N) is 2. The van der Waals surface area contributed by atoms with E-state index in [4.69, 9.17) is 5.73 Å². The largest absolute Gasteiger partial charge is 0.382 e. The Morgan fingerprint density at radius 1 is 0.956 bits per heavy atom. The summed E-state index contributed by atoms with van der Waals surface area (Å²) in [5.41, 5.74) is 9.97. The number of hydrogen-bond acceptors (Lipinski definition) is 5. The summed E-state index contributed by atoms with van der Waals surface area (Å²) < 4.78 is 16.2. The van der Waals surface area contributed by atoms with Gasteiger partial charge in [-0.3, -0.25) is 14.2 Å². The standard InChI is InChI=1S/C35H45FN6O3/c1-4-35(5-2)20-30-32(27-13-7-23(36)19-29(27)42(30)31(43)21-35)22-6-12-26(33(37)44)28(18-22)38-24-8-10-25(11-9-24)39-34(45)41-16-14-40(3)15-17-41/h6-7,12-13,18-19,24-25,38H,4-5,8-11,14-17,20-21H2,1-3H3,(H2,37,44)(H,39,45). The quantitative estimate of drug-likeness (QED) is 0.319. The Morgan fingerprint density at radius 2 is 1.64 bits per heavy atom. The van der Waals surface area contributed by atoms with Gasteiger partial charge in [-0.2, -0.15) is 0 Å². The van der Waals surface area contributed by atoms with Crippen LogP contribution in [-0.4, -0.2) is 77.5 Å². The Morgan fingerprint density at radius 3 is 2.31 bits per heavy atom. The summed E-state index contributed by atoms with van der Waals surface area (Å²) in [5.74, 6) is -0.911. The van der Waals surface area contributed by atoms with E-state index >= 15 is 0 Å². The van der Waals surface area contributed by atoms with Gasteiger partial charge in [-0.25, -0.2) is 9.18 Å². The molecule has 3 heterocycles. The number of anilines is 1. The molecule has 0 atom stereocenters. The second-order valence-corrected chi connectivity index (χ2v) is 13.3. The van der Waals surface area contributed by atoms with Gasteiger partial charge in [0.2, 0.25) is 5.91 Å². The molecule has 2 aromatic carbocycles. The second-order valence-electron chi connectivity index (χ2n) is 13.3. The van der Waals surface area contributed by atoms with Gasteiger partial charge in [0.05, 0.1) is 11.1 Å². The summed E-state index contributed by atoms with van der Waals surface area (Å²) in [6.45, 7) is 7.52. The number of nitrogens with zero attached hydrogens (tertiary/aromatic N) is 3. The van der Waals surface area contributed by atoms with Gasteiger partial charge in [0.1, 0.15) is 5.82 Å². The maximum atomic E-state index is 14.5. The molecule has 1 saturated heterocycles. The number of carbonyl (C=O) groups excluding carboxylic acids is 3. The Hall–Kier alpha value is -3.92. The number of carbonyl (C=O) groups is 3. The highest BCUT2D eigenvalue weighted by atomic mass is 19.1. The Labute approximate surface area is 264 Å². The third-order valence-corrected chi connectivity index (χ3v) is 10.6. The monoisotopic (exact) mass is 616 g/mol. The van der Waals surface area contributed by atoms with Crippen LogP contribution in [0, 0.1) is 11.2 Å². The predicted octanol–water partition coefficient (Wildman–Crippen LogP) is 5.62. The van der Waals surface area contributed by atoms with Gasteiger partial charge in [-0.05, 0) is 93.3 Å². The third-order valence-electron chi connectivity index (χ3n) is 10.6. The van der Waals surface area contributed by atoms with Gasteiger partial charge < -0.3 is 26.2 Å². The molecule has 0 radical (unpaired) electrons. The summed E-state index contributed by atoms with van der Waals surface area (Å²) in [7, 11) is 2.07. The number of nitrogens with two attached hydrogens (primary N) is 1. The number of fused-ring (bicyclic) bond motifs is 3. The highest BCUT2D eigenvalue weighted by Gasteiger charge is 2.39. The molecule has 45 heavy (non-hydrogen) atoms. The molecule has 3 amide bonds. The van der Waals surface area contributed by atoms with Crippen molar-refractivity contribution in [2.75, 3.05) is 38.5 Å². The van der Waals surface area contributed by atoms with Gasteiger partial charge in [-0.1, -0.05) is 19.9 Å². The zero-order valence-electron chi connectivity index (χ0n) is 26.6. The van der Waals surface area contributed by atoms with E-state index in [2.05, 4.69) is 36.4 Å². The number of hydrogen-bond donors (Lipinski definition) is 3. The van der Waals surface area contributed by atoms with E-state index in [1.807, 2.05) is 17.0 Å². The van der Waals surface area contributed by atoms with E-state index in [1.165, 1.54) is 12.1 Å². The minimum absolute atomic E-state index is 0.00891. The Kier molecular flexibility index (Phi) is 8.61. The summed E-state index contributed by atoms with van der Waals surface area (Å²) in [4.78, 5) is 43.1. The van der Waals surface area contributed by atoms with Crippen molar-refractivity contribution in [1.29, 1.82) is 0 Å². The highest BCUT2D eigenvalue weighted by Crippen LogP contribution is 2.46. The number of primary amides is 1. The van der Waals surface area contributed by atoms with E-state index in [-0.39, 0.29) is 35.3 Å². The fourth-order valence-corrected chi connectivity index (χ4v) is 7.57. The third kappa shape index (κ3) is 6.04. The van der Waals surface area contributed by atoms with Crippen LogP contribution in [0.1, 0.15) is 79.6 Å². The van der Waals surface area contributed by atoms with Gasteiger partial charge in [0, 0.05) is 67.0 Å². The number of piperazine rings is 1. The molecule has 6 rings (SSSR count). The maximum absolute atomic E-state index is 14.5. The number of benzene rings is 2. The zero-order valence-corrected chi connectivity index (χ0v) is 26.6. The van der Waals surface area contributed by atoms with Crippen LogP contribution in [0.25, 0.3) is 22.0 Å². The molecule has 3 aliphatic rings. The molecule has 0 spiro atoms. The molecule has 1 saturated carbocycles. The molecule has 3 aromatic rings. The first-order chi connectivity index (χ1) is 21.6. The summed E-state index contributed by atoms with van der Waals surface area (Å²) in [6.07, 6.45) is 6.23. The molecule has 2 aliphatic heterocycles. The van der Waals surface area contributed by atoms with Crippen molar-refractivity contribution in [3.63, 3.8) is 0 Å². The number of amides is 3. The lowest BCUT2D eigenvalue weighted by atomic mass is 9.72. The maximum Gasteiger partial charge on any atom is 0.317 e. The molecule has 240 valence electrons. The summed E-state index contributed by atoms with van der Waals surface area (Å²) in [6, 6.07) is 10.5. The lowest BCUT2D eigenvalue weighted by Crippen LogP contribution is -2.53. The smallest absolute Gasteiger partial charge is 0.317 e. The number of aromatic nitrogens is 1. The topological polar surface area (TPSA) is 113 Å². The average Bonchev–Trinajstić information content (AvgIpc) is 3.35. The SMILES string of the molecule is CCC1(CC)CC(=O)n2c(c(-c3ccc(C(N)=O)c(NC4CCC(NC(=O)N5CCN(C)CC5)CC4)c3)c3ccc(F)cc32)C1. The minimum Gasteiger partial charge on any atom is -0.382 e. The second kappa shape index (κ2) is 12.5. The van der Waals surface area contributed by atoms with Gasteiger partial charge in [-0.15, -0.1) is 0 Å². The lowest BCUT2D eigenvalue weighted by Gasteiger charge is -2.36. The van der Waals surface area contributed by atoms with Crippen molar-refractivity contribution >= 4 is 34.4 Å². The number of urea groups is 1. The molecule has 0 unspecified atom stereocenters. The van der Waals surface area contributed by atoms with E-state index in [0.717, 1.165) is 86.9 Å². The van der Waals surface area contributed by atoms with Gasteiger partial charge in [0.15, 0.2) is 0 Å². The van der Waals surface area contributed by atoms with Crippen molar-refractivity contribution in [2.24, 2.45) is 11.1 Å². The first-order valence-corrected chi connectivity index (χ1v) is 16.4. The summed E-state index contributed by atoms with van der Waals surface area (Å²) >= 11 is 0. The van der Waals surface area contributed by atoms with E-state index in [0.29, 0.717) is 29.6 Å². The van der Waals surface area contributed by atoms with Gasteiger partial charge in [0.25, 0.3) is 5.91 Å². The van der Waals surface area contributed by atoms with E-state index < -0.39 is 5.91 Å². The molecule has 9 nitrogen and oxygen atoms in total. The number of rotatable bonds is 7. The first kappa shape index (κ1) is 31.1. The van der Waals surface area contributed by atoms with Crippen LogP contribution in [0.15, 0.2) is 36.4 Å². The van der Waals surface area contributed by atoms with Crippen molar-refractivity contribution in [1.82, 2.24) is 19.7 Å². The van der Waals surface area contributed by atoms with Crippen molar-refractivity contribution in [3.05, 3.63) is 53.5 Å². The molecule has 4 N–H and O–H groups in total. The van der Waals surface area contributed by atoms with Crippen LogP contribution in [0.2, 0.25) is 0 Å². The normalized spacial score (nSPS) is 21.9. The van der Waals surface area contributed by atoms with E-state index in [9.17, 15) is 18.8 Å². The van der Waals surface area contributed by atoms with E-state index in [1.54, 1.807) is 16.7 Å². The molecule has 10 heteroatoms. The number of likely N-dealkylation sites (N-methyl/N-ethyl adjacent to an activating group) is 1. The Bertz CT molecular complexity index is 1610. The molecular weight excluding hydrogens is 571 g/mol. The minimum atomic E-state index is -0.519. The number of halogens is 1. The van der Waals surface area contributed by atoms with Crippen LogP contribution < -0.4 is 16.4 Å². The van der Waals surface area contributed by atoms with Crippen molar-refractivity contribution in [3.8, 4) is 11.1 Å². The highest BCUT2D eigenvalue weighted by molar-refractivity contribution is 6.06. The van der Waals surface area contributed by atoms with Crippen LogP contribution in [0.5, 0.6) is 0 Å². The van der Waals surface area contributed by atoms with Crippen LogP contribution >= 0.6 is 0 Å². The predicted molar refractivity (Wildman–Crippen MR) is 175 cm³/mol. The van der Waals surface area contributed by atoms with Crippen LogP contribution in [-0.2, 0) is 6.42 Å². The molecule has 1 aliphatic carbocycles. The fourth-order valence-electron chi connectivity index (χ4n) is 7.57. The van der Waals surface area contributed by atoms with Gasteiger partial charge >= 0.3 is 6.03 Å². The van der Waals surface area contributed by atoms with Crippen LogP contribution in [0.4, 0.5) is 14.9 Å². The fraction of sp³-hybridized carbons (Fsp3) is 0.514. The zero-order chi connectivity index (χ0) is 31.9. The first-order valence-electron chi connectivity index (χ1n) is 16.4. The van der Waals surface area contributed by atoms with Crippen LogP contribution in [0.3, 0.4) is 0 Å². The molecule has 1 aromatic heterocycles. The van der Waals surface area contributed by atoms with Crippen molar-refractivity contribution in [2.45, 2.75) is 77.3 Å². The molecular formula is C35H45FN6O3. The lowest BCUT2D eigenvalue weighted by molar-refractivity contribution is 0.0769. The average molecular weight is 617 g/mol.